The number of nitrogens with zero attached hydrogens (tertiary/aromatic N) is 4. The number of hydrogen-bond acceptors (Lipinski definition) is 30. The molecule has 8 aliphatic heterocycles. The number of carbonyl (C=O) groups is 11. The van der Waals surface area contributed by atoms with E-state index in [0.717, 1.165) is 38.1 Å². The van der Waals surface area contributed by atoms with Gasteiger partial charge in [-0.2, -0.15) is 0 Å². The number of aliphatic carboxylic acids is 2. The molecule has 3 aromatic rings. The van der Waals surface area contributed by atoms with Gasteiger partial charge in [0.15, 0.2) is 11.3 Å². The van der Waals surface area contributed by atoms with Gasteiger partial charge in [-0.05, 0) is 88.2 Å². The quantitative estimate of drug-likeness (QED) is 0.00573. The van der Waals surface area contributed by atoms with Gasteiger partial charge in [0.1, 0.15) is 42.6 Å². The fraction of sp³-hybridized carbons (Fsp3) is 0.597. The summed E-state index contributed by atoms with van der Waals surface area (Å²) >= 11 is 0. The summed E-state index contributed by atoms with van der Waals surface area (Å²) in [5.74, 6) is -8.11. The third kappa shape index (κ3) is 14.9. The topological polar surface area (TPSA) is 496 Å². The van der Waals surface area contributed by atoms with Crippen LogP contribution >= 0.6 is 43.2 Å². The second-order valence-electron chi connectivity index (χ2n) is 31.4. The van der Waals surface area contributed by atoms with E-state index in [9.17, 15) is 68.7 Å². The van der Waals surface area contributed by atoms with Gasteiger partial charge in [-0.1, -0.05) is 87.4 Å². The number of anilines is 1. The van der Waals surface area contributed by atoms with Gasteiger partial charge in [0.05, 0.1) is 61.7 Å². The number of aromatic nitrogens is 1. The first kappa shape index (κ1) is 85.5. The van der Waals surface area contributed by atoms with Crippen LogP contribution in [0, 0.1) is 17.3 Å². The predicted molar refractivity (Wildman–Crippen MR) is 429 cm³/mol. The van der Waals surface area contributed by atoms with Crippen molar-refractivity contribution in [2.45, 2.75) is 148 Å². The van der Waals surface area contributed by atoms with Crippen molar-refractivity contribution < 1.29 is 102 Å². The smallest absolute Gasteiger partial charge is 0.426 e. The Balaban J connectivity index is 0.623. The number of carboxylic acid groups (broad SMARTS) is 2. The summed E-state index contributed by atoms with van der Waals surface area (Å²) in [7, 11) is 12.1. The highest BCUT2D eigenvalue weighted by atomic mass is 33.1. The number of H-pyrrole nitrogens is 1. The number of esters is 1. The number of ether oxygens (including phenoxy) is 5. The summed E-state index contributed by atoms with van der Waals surface area (Å²) in [6.45, 7) is 7.64. The second-order valence-corrected chi connectivity index (χ2v) is 36.7. The van der Waals surface area contributed by atoms with Gasteiger partial charge in [0, 0.05) is 157 Å². The number of carboxylic acids is 2. The Morgan fingerprint density at radius 1 is 0.845 bits per heavy atom. The van der Waals surface area contributed by atoms with Crippen molar-refractivity contribution in [2.75, 3.05) is 129 Å². The molecule has 17 atom stereocenters. The van der Waals surface area contributed by atoms with E-state index in [2.05, 4.69) is 57.5 Å². The van der Waals surface area contributed by atoms with Gasteiger partial charge >= 0.3 is 30.1 Å². The number of Topliss-reactive ketones (excluding diaryl/α,β-unsaturated/α-hetero) is 2. The van der Waals surface area contributed by atoms with Gasteiger partial charge in [-0.15, -0.1) is 0 Å². The van der Waals surface area contributed by atoms with E-state index in [4.69, 9.17) is 29.4 Å². The number of hydrogen-bond donors (Lipinski definition) is 15. The molecule has 13 rings (SSSR count). The zero-order valence-corrected chi connectivity index (χ0v) is 69.0. The maximum absolute atomic E-state index is 15.6. The maximum atomic E-state index is 15.6. The minimum absolute atomic E-state index is 0.0223. The van der Waals surface area contributed by atoms with Crippen molar-refractivity contribution in [1.29, 1.82) is 0 Å². The molecule has 0 radical (unpaired) electrons. The van der Waals surface area contributed by atoms with E-state index >= 15 is 9.59 Å². The zero-order chi connectivity index (χ0) is 83.3. The molecule has 1 unspecified atom stereocenters. The summed E-state index contributed by atoms with van der Waals surface area (Å²) in [6.07, 6.45) is 1.41. The van der Waals surface area contributed by atoms with E-state index in [1.54, 1.807) is 23.8 Å². The number of piperazine rings is 1. The molecule has 9 heterocycles. The Morgan fingerprint density at radius 2 is 1.59 bits per heavy atom. The number of nitrogens with one attached hydrogen (secondary N) is 9. The molecule has 116 heavy (non-hydrogen) atoms. The number of carbonyl (C=O) groups excluding carboxylic acids is 9. The lowest BCUT2D eigenvalue weighted by atomic mass is 9.47. The van der Waals surface area contributed by atoms with Gasteiger partial charge in [-0.25, -0.2) is 19.8 Å². The van der Waals surface area contributed by atoms with Crippen LogP contribution in [-0.2, 0) is 79.3 Å². The number of allylic oxidation sites excluding steroid dienone is 2. The number of likely N-dealkylation sites (N-methyl/N-ethyl adjacent to an activating group) is 2. The lowest BCUT2D eigenvalue weighted by molar-refractivity contribution is -0.204. The van der Waals surface area contributed by atoms with Gasteiger partial charge in [-0.3, -0.25) is 53.6 Å². The van der Waals surface area contributed by atoms with Crippen LogP contribution in [0.25, 0.3) is 10.9 Å². The van der Waals surface area contributed by atoms with Crippen LogP contribution in [0.15, 0.2) is 71.1 Å². The van der Waals surface area contributed by atoms with Gasteiger partial charge in [0.25, 0.3) is 5.91 Å². The number of rotatable bonds is 33. The SMILES string of the molecule is CC[C@]1(O)C[C@H]2CN(CCc3c([nH]c4ccccc34)[C@@](C(=O)OC)(c3cc4c(cc3OC)N(C)[C@H]3[C@@](O)(C(=O)NNC(=O)OCCSSC[C@H](NC(=O)[C@H](CNC(=O)CCSSCCNC5=C(C)C(=O)C6=C(C5=O)[C@@H](COC(N)=O)[C@@]5(OC)[C@H]7N[C@H]7CN65)NC(=O)[C@H](CC(=O)O)NC)C(=O)O)[C@H](O)[C@]5(CC)C=CCN6CC[C@]43[C@@H]65)C2)C1. The molecular weight excluding hydrogens is 1590 g/mol. The van der Waals surface area contributed by atoms with Crippen molar-refractivity contribution in [3.63, 3.8) is 0 Å². The van der Waals surface area contributed by atoms with Crippen molar-refractivity contribution >= 4 is 125 Å². The summed E-state index contributed by atoms with van der Waals surface area (Å²) < 4.78 is 29.1. The van der Waals surface area contributed by atoms with E-state index in [1.807, 2.05) is 62.4 Å². The van der Waals surface area contributed by atoms with Gasteiger partial charge in [0.2, 0.25) is 29.3 Å². The summed E-state index contributed by atoms with van der Waals surface area (Å²) in [4.78, 5) is 161. The molecule has 2 aliphatic carbocycles. The van der Waals surface area contributed by atoms with Crippen molar-refractivity contribution in [2.24, 2.45) is 23.0 Å². The second kappa shape index (κ2) is 34.2. The molecule has 1 spiro atoms. The number of fused-ring (bicyclic) bond motifs is 10. The van der Waals surface area contributed by atoms with Crippen LogP contribution < -0.4 is 58.1 Å². The van der Waals surface area contributed by atoms with Crippen LogP contribution in [0.2, 0.25) is 0 Å². The van der Waals surface area contributed by atoms with Crippen molar-refractivity contribution in [1.82, 2.24) is 62.4 Å². The minimum atomic E-state index is -2.69. The Hall–Kier alpha value is -8.35. The van der Waals surface area contributed by atoms with Crippen molar-refractivity contribution in [3.05, 3.63) is 93.5 Å². The van der Waals surface area contributed by atoms with Crippen LogP contribution in [0.1, 0.15) is 88.1 Å². The van der Waals surface area contributed by atoms with E-state index in [1.165, 1.54) is 50.0 Å². The Bertz CT molecular complexity index is 4530. The lowest BCUT2D eigenvalue weighted by Gasteiger charge is -2.63. The Labute approximate surface area is 685 Å². The molecule has 35 nitrogen and oxygen atoms in total. The number of aromatic amines is 1. The first-order valence-electron chi connectivity index (χ1n) is 38.9. The number of aliphatic hydroxyl groups is 3. The highest BCUT2D eigenvalue weighted by Gasteiger charge is 2.79. The van der Waals surface area contributed by atoms with Crippen molar-refractivity contribution in [3.8, 4) is 5.75 Å². The molecule has 6 amide bonds. The third-order valence-corrected chi connectivity index (χ3v) is 30.2. The molecular formula is C77H102N14O21S4. The maximum Gasteiger partial charge on any atom is 0.426 e. The van der Waals surface area contributed by atoms with E-state index < -0.39 is 148 Å². The fourth-order valence-corrected chi connectivity index (χ4v) is 24.2. The Morgan fingerprint density at radius 3 is 2.29 bits per heavy atom. The number of nitrogens with two attached hydrogens (primary N) is 1. The van der Waals surface area contributed by atoms with E-state index in [-0.39, 0.29) is 103 Å². The average Bonchev–Trinajstić information content (AvgIpc) is 1.48. The number of amides is 6. The Kier molecular flexibility index (Phi) is 25.2. The van der Waals surface area contributed by atoms with Crippen LogP contribution in [0.5, 0.6) is 5.75 Å². The first-order chi connectivity index (χ1) is 55.4. The molecule has 10 aliphatic rings. The molecule has 2 aromatic carbocycles. The molecule has 16 N–H and O–H groups in total. The summed E-state index contributed by atoms with van der Waals surface area (Å²) in [5.41, 5.74) is 5.96. The molecule has 1 saturated carbocycles. The predicted octanol–water partition coefficient (Wildman–Crippen LogP) is 0.384. The number of benzene rings is 2. The first-order valence-corrected chi connectivity index (χ1v) is 43.8. The van der Waals surface area contributed by atoms with Crippen LogP contribution in [0.3, 0.4) is 0 Å². The average molecular weight is 1690 g/mol. The number of hydrazine groups is 1. The number of ketones is 2. The molecule has 5 fully saturated rings. The number of primary amides is 1. The summed E-state index contributed by atoms with van der Waals surface area (Å²) in [5, 5.41) is 76.0. The third-order valence-electron chi connectivity index (χ3n) is 25.4. The molecule has 2 bridgehead atoms. The highest BCUT2D eigenvalue weighted by Crippen LogP contribution is 2.68. The lowest BCUT2D eigenvalue weighted by Crippen LogP contribution is -2.82. The minimum Gasteiger partial charge on any atom is -0.496 e. The molecule has 39 heteroatoms. The largest absolute Gasteiger partial charge is 0.496 e. The normalized spacial score (nSPS) is 30.5. The highest BCUT2D eigenvalue weighted by molar-refractivity contribution is 8.77. The molecule has 1 aromatic heterocycles. The number of methoxy groups -OCH3 is 3. The monoisotopic (exact) mass is 1690 g/mol. The number of para-hydroxylation sites is 1. The molecule has 4 saturated heterocycles. The fourth-order valence-electron chi connectivity index (χ4n) is 20.3. The number of piperidine rings is 1. The van der Waals surface area contributed by atoms with Gasteiger partial charge < -0.3 is 102 Å². The standard InChI is InChI=1S/C77H102N14O21S4/c1-9-72(106)31-40-32-75(69(103)109-7,60-42(16-22-89(34-40)38-72)41-14-11-12-15-46(41)82-60)44-28-43-51(30-52(44)108-6)88(5)66-74(43)19-23-90-21-13-18-73(10-2,65(74)90)67(101)76(66,107)68(102)86-87-71(105)111-24-27-115-116-37-50(64(99)100)85-63(98)48(84-62(97)47(79-4)29-54(93)94)33-81-53(92)17-25-113-114-26-20-80-56-39(3)58(95)57-55(59(56)96)45(36-112-70(78)104)77(110-8)61-49(83-61)35-91(57)77/h11-15,18,28,30,40,45,47-50,61,65-67,79-80,82-83,101,106-107H,9-10,16-17,19-27,29,31-38H2,1-8H3,(H2,78,104)(H,81,92)(H,84,97)(H,85,98)(H,86,102)(H,87,105)(H,93,94)(H,99,100)/t40-,45-,47+,48+,49+,50+,61+,65+,66-,67-,72+,73-,74-,75+,76+,77-/m1/s1. The van der Waals surface area contributed by atoms with Crippen LogP contribution in [0.4, 0.5) is 15.3 Å². The zero-order valence-electron chi connectivity index (χ0n) is 65.7. The van der Waals surface area contributed by atoms with E-state index in [0.29, 0.717) is 99.0 Å². The summed E-state index contributed by atoms with van der Waals surface area (Å²) in [6, 6.07) is 5.30. The molecule has 630 valence electrons. The number of aliphatic hydroxyl groups excluding tert-OH is 1. The van der Waals surface area contributed by atoms with Crippen LogP contribution in [-0.4, -0.2) is 300 Å².